The predicted octanol–water partition coefficient (Wildman–Crippen LogP) is 2.64. The number of ether oxygens (including phenoxy) is 1. The van der Waals surface area contributed by atoms with Crippen molar-refractivity contribution in [3.05, 3.63) is 0 Å². The predicted molar refractivity (Wildman–Crippen MR) is 47.7 cm³/mol. The van der Waals surface area contributed by atoms with E-state index in [4.69, 9.17) is 10.00 Å². The van der Waals surface area contributed by atoms with Crippen molar-refractivity contribution >= 4 is 0 Å². The van der Waals surface area contributed by atoms with Gasteiger partial charge in [-0.2, -0.15) is 5.26 Å². The minimum absolute atomic E-state index is 0.0194. The van der Waals surface area contributed by atoms with Gasteiger partial charge in [0.05, 0.1) is 23.7 Å². The van der Waals surface area contributed by atoms with Gasteiger partial charge < -0.3 is 4.74 Å². The van der Waals surface area contributed by atoms with Crippen molar-refractivity contribution in [1.82, 2.24) is 0 Å². The van der Waals surface area contributed by atoms with Crippen molar-refractivity contribution in [1.29, 1.82) is 5.26 Å². The smallest absolute Gasteiger partial charge is 0.0792 e. The molecule has 0 amide bonds. The van der Waals surface area contributed by atoms with E-state index in [0.717, 1.165) is 19.3 Å². The molecule has 0 radical (unpaired) electrons. The first-order chi connectivity index (χ1) is 5.54. The molecule has 1 rings (SSSR count). The Hall–Kier alpha value is -0.550. The van der Waals surface area contributed by atoms with Gasteiger partial charge in [-0.25, -0.2) is 0 Å². The van der Waals surface area contributed by atoms with Crippen LogP contribution in [0.15, 0.2) is 0 Å². The number of rotatable bonds is 2. The van der Waals surface area contributed by atoms with Crippen LogP contribution in [0.4, 0.5) is 0 Å². The summed E-state index contributed by atoms with van der Waals surface area (Å²) >= 11 is 0. The summed E-state index contributed by atoms with van der Waals surface area (Å²) in [6, 6.07) is 2.19. The average Bonchev–Trinajstić information content (AvgIpc) is 2.30. The lowest BCUT2D eigenvalue weighted by Crippen LogP contribution is -2.30. The minimum atomic E-state index is -0.181. The van der Waals surface area contributed by atoms with E-state index in [0.29, 0.717) is 6.42 Å². The number of nitriles is 1. The molecule has 2 heteroatoms. The Balaban J connectivity index is 2.61. The molecule has 1 aliphatic rings. The van der Waals surface area contributed by atoms with E-state index >= 15 is 0 Å². The maximum atomic E-state index is 8.60. The molecule has 0 saturated carbocycles. The third kappa shape index (κ3) is 1.78. The van der Waals surface area contributed by atoms with Gasteiger partial charge in [-0.05, 0) is 33.1 Å². The zero-order valence-corrected chi connectivity index (χ0v) is 8.18. The van der Waals surface area contributed by atoms with Crippen LogP contribution in [0.25, 0.3) is 0 Å². The van der Waals surface area contributed by atoms with E-state index in [9.17, 15) is 0 Å². The first kappa shape index (κ1) is 9.54. The summed E-state index contributed by atoms with van der Waals surface area (Å²) in [7, 11) is 0. The maximum absolute atomic E-state index is 8.60. The summed E-state index contributed by atoms with van der Waals surface area (Å²) in [5, 5.41) is 8.60. The van der Waals surface area contributed by atoms with Gasteiger partial charge >= 0.3 is 0 Å². The monoisotopic (exact) mass is 167 g/mol. The lowest BCUT2D eigenvalue weighted by atomic mass is 9.95. The fraction of sp³-hybridized carbons (Fsp3) is 0.900. The highest BCUT2D eigenvalue weighted by Gasteiger charge is 2.42. The summed E-state index contributed by atoms with van der Waals surface area (Å²) in [6.45, 7) is 6.31. The molecule has 0 spiro atoms. The highest BCUT2D eigenvalue weighted by atomic mass is 16.5. The first-order valence-corrected chi connectivity index (χ1v) is 4.61. The fourth-order valence-electron chi connectivity index (χ4n) is 1.77. The van der Waals surface area contributed by atoms with Crippen LogP contribution in [0.3, 0.4) is 0 Å². The second-order valence-corrected chi connectivity index (χ2v) is 4.19. The van der Waals surface area contributed by atoms with Crippen molar-refractivity contribution < 1.29 is 4.74 Å². The molecule has 1 fully saturated rings. The Morgan fingerprint density at radius 3 is 2.33 bits per heavy atom. The third-order valence-corrected chi connectivity index (χ3v) is 2.88. The van der Waals surface area contributed by atoms with Crippen molar-refractivity contribution in [2.45, 2.75) is 57.7 Å². The SMILES string of the molecule is CCC1(C)CCC(C)(CC#N)O1. The Labute approximate surface area is 74.5 Å². The molecule has 0 N–H and O–H groups in total. The number of hydrogen-bond acceptors (Lipinski definition) is 2. The average molecular weight is 167 g/mol. The van der Waals surface area contributed by atoms with Crippen LogP contribution in [-0.2, 0) is 4.74 Å². The van der Waals surface area contributed by atoms with Gasteiger partial charge in [0.15, 0.2) is 0 Å². The van der Waals surface area contributed by atoms with Crippen molar-refractivity contribution in [3.8, 4) is 6.07 Å². The van der Waals surface area contributed by atoms with E-state index in [1.165, 1.54) is 0 Å². The summed E-state index contributed by atoms with van der Waals surface area (Å²) in [4.78, 5) is 0. The van der Waals surface area contributed by atoms with Crippen molar-refractivity contribution in [2.75, 3.05) is 0 Å². The van der Waals surface area contributed by atoms with Gasteiger partial charge in [-0.15, -0.1) is 0 Å². The summed E-state index contributed by atoms with van der Waals surface area (Å²) < 4.78 is 5.90. The largest absolute Gasteiger partial charge is 0.368 e. The maximum Gasteiger partial charge on any atom is 0.0792 e. The Morgan fingerprint density at radius 1 is 1.33 bits per heavy atom. The number of nitrogens with zero attached hydrogens (tertiary/aromatic N) is 1. The van der Waals surface area contributed by atoms with E-state index < -0.39 is 0 Å². The molecule has 68 valence electrons. The lowest BCUT2D eigenvalue weighted by Gasteiger charge is -2.27. The summed E-state index contributed by atoms with van der Waals surface area (Å²) in [6.07, 6.45) is 3.66. The summed E-state index contributed by atoms with van der Waals surface area (Å²) in [5.74, 6) is 0. The zero-order valence-electron chi connectivity index (χ0n) is 8.18. The van der Waals surface area contributed by atoms with Crippen LogP contribution >= 0.6 is 0 Å². The quantitative estimate of drug-likeness (QED) is 0.633. The molecule has 1 heterocycles. The lowest BCUT2D eigenvalue weighted by molar-refractivity contribution is -0.0839. The van der Waals surface area contributed by atoms with Crippen molar-refractivity contribution in [2.24, 2.45) is 0 Å². The highest BCUT2D eigenvalue weighted by Crippen LogP contribution is 2.40. The second kappa shape index (κ2) is 3.06. The Kier molecular flexibility index (Phi) is 2.44. The van der Waals surface area contributed by atoms with E-state index in [1.54, 1.807) is 0 Å². The van der Waals surface area contributed by atoms with Crippen LogP contribution in [0.2, 0.25) is 0 Å². The van der Waals surface area contributed by atoms with E-state index in [1.807, 2.05) is 6.92 Å². The molecule has 0 bridgehead atoms. The standard InChI is InChI=1S/C10H17NO/c1-4-9(2)5-6-10(3,12-9)7-8-11/h4-7H2,1-3H3. The van der Waals surface area contributed by atoms with Gasteiger partial charge in [0, 0.05) is 0 Å². The van der Waals surface area contributed by atoms with Crippen LogP contribution < -0.4 is 0 Å². The van der Waals surface area contributed by atoms with E-state index in [2.05, 4.69) is 19.9 Å². The van der Waals surface area contributed by atoms with Crippen LogP contribution in [0.5, 0.6) is 0 Å². The number of hydrogen-bond donors (Lipinski definition) is 0. The normalized spacial score (nSPS) is 41.2. The van der Waals surface area contributed by atoms with E-state index in [-0.39, 0.29) is 11.2 Å². The molecular weight excluding hydrogens is 150 g/mol. The minimum Gasteiger partial charge on any atom is -0.368 e. The van der Waals surface area contributed by atoms with Gasteiger partial charge in [0.2, 0.25) is 0 Å². The molecule has 1 saturated heterocycles. The van der Waals surface area contributed by atoms with Crippen molar-refractivity contribution in [3.63, 3.8) is 0 Å². The highest BCUT2D eigenvalue weighted by molar-refractivity contribution is 4.96. The Morgan fingerprint density at radius 2 is 1.92 bits per heavy atom. The molecule has 0 aliphatic carbocycles. The Bertz CT molecular complexity index is 208. The molecule has 0 aromatic carbocycles. The molecular formula is C10H17NO. The van der Waals surface area contributed by atoms with Crippen LogP contribution in [-0.4, -0.2) is 11.2 Å². The molecule has 2 unspecified atom stereocenters. The molecule has 0 aromatic heterocycles. The topological polar surface area (TPSA) is 33.0 Å². The second-order valence-electron chi connectivity index (χ2n) is 4.19. The first-order valence-electron chi connectivity index (χ1n) is 4.61. The molecule has 0 aromatic rings. The molecule has 2 atom stereocenters. The van der Waals surface area contributed by atoms with Crippen LogP contribution in [0.1, 0.15) is 46.5 Å². The molecule has 2 nitrogen and oxygen atoms in total. The van der Waals surface area contributed by atoms with Crippen LogP contribution in [0, 0.1) is 11.3 Å². The summed E-state index contributed by atoms with van der Waals surface area (Å²) in [5.41, 5.74) is -0.162. The van der Waals surface area contributed by atoms with Gasteiger partial charge in [-0.3, -0.25) is 0 Å². The molecule has 1 aliphatic heterocycles. The zero-order chi connectivity index (χ0) is 9.24. The van der Waals surface area contributed by atoms with Gasteiger partial charge in [-0.1, -0.05) is 6.92 Å². The molecule has 12 heavy (non-hydrogen) atoms. The fourth-order valence-corrected chi connectivity index (χ4v) is 1.77. The third-order valence-electron chi connectivity index (χ3n) is 2.88. The van der Waals surface area contributed by atoms with Gasteiger partial charge in [0.1, 0.15) is 0 Å². The van der Waals surface area contributed by atoms with Gasteiger partial charge in [0.25, 0.3) is 0 Å².